The molecule has 3 atom stereocenters. The maximum absolute atomic E-state index is 11.4. The van der Waals surface area contributed by atoms with E-state index in [-0.39, 0.29) is 5.91 Å². The van der Waals surface area contributed by atoms with Gasteiger partial charge in [0.05, 0.1) is 6.54 Å². The minimum Gasteiger partial charge on any atom is -0.355 e. The summed E-state index contributed by atoms with van der Waals surface area (Å²) in [6, 6.07) is 0.540. The summed E-state index contributed by atoms with van der Waals surface area (Å²) in [7, 11) is 0. The quantitative estimate of drug-likeness (QED) is 0.752. The van der Waals surface area contributed by atoms with Gasteiger partial charge in [0.15, 0.2) is 0 Å². The highest BCUT2D eigenvalue weighted by Crippen LogP contribution is 2.29. The van der Waals surface area contributed by atoms with E-state index < -0.39 is 0 Å². The summed E-state index contributed by atoms with van der Waals surface area (Å²) in [6.07, 6.45) is 4.72. The maximum atomic E-state index is 11.4. The number of carbonyl (C=O) groups excluding carboxylic acids is 1. The van der Waals surface area contributed by atoms with Crippen LogP contribution < -0.4 is 10.6 Å². The summed E-state index contributed by atoms with van der Waals surface area (Å²) in [5.74, 6) is 1.75. The Kier molecular flexibility index (Phi) is 5.81. The van der Waals surface area contributed by atoms with Gasteiger partial charge in [-0.25, -0.2) is 0 Å². The Morgan fingerprint density at radius 1 is 1.25 bits per heavy atom. The Hall–Kier alpha value is -0.570. The predicted octanol–water partition coefficient (Wildman–Crippen LogP) is 1.93. The first kappa shape index (κ1) is 13.5. The summed E-state index contributed by atoms with van der Waals surface area (Å²) < 4.78 is 0. The summed E-state index contributed by atoms with van der Waals surface area (Å²) in [5, 5.41) is 6.26. The van der Waals surface area contributed by atoms with Crippen molar-refractivity contribution in [1.29, 1.82) is 0 Å². The first-order chi connectivity index (χ1) is 7.63. The molecule has 1 aliphatic rings. The van der Waals surface area contributed by atoms with Crippen LogP contribution in [0.3, 0.4) is 0 Å². The summed E-state index contributed by atoms with van der Waals surface area (Å²) in [4.78, 5) is 11.4. The van der Waals surface area contributed by atoms with Gasteiger partial charge in [-0.3, -0.25) is 4.79 Å². The molecule has 2 N–H and O–H groups in total. The molecule has 3 nitrogen and oxygen atoms in total. The van der Waals surface area contributed by atoms with Gasteiger partial charge in [-0.15, -0.1) is 0 Å². The minimum atomic E-state index is 0.133. The van der Waals surface area contributed by atoms with E-state index in [1.165, 1.54) is 19.3 Å². The average molecular weight is 226 g/mol. The van der Waals surface area contributed by atoms with E-state index in [0.717, 1.165) is 24.8 Å². The monoisotopic (exact) mass is 226 g/mol. The van der Waals surface area contributed by atoms with E-state index in [9.17, 15) is 4.79 Å². The lowest BCUT2D eigenvalue weighted by Gasteiger charge is -2.32. The first-order valence-corrected chi connectivity index (χ1v) is 6.63. The van der Waals surface area contributed by atoms with Crippen molar-refractivity contribution in [2.45, 2.75) is 52.5 Å². The van der Waals surface area contributed by atoms with Gasteiger partial charge in [-0.1, -0.05) is 20.8 Å². The molecule has 0 aromatic heterocycles. The fourth-order valence-electron chi connectivity index (χ4n) is 2.30. The number of hydrogen-bond donors (Lipinski definition) is 2. The van der Waals surface area contributed by atoms with Gasteiger partial charge in [-0.05, 0) is 37.5 Å². The fraction of sp³-hybridized carbons (Fsp3) is 0.923. The molecule has 1 rings (SSSR count). The average Bonchev–Trinajstić information content (AvgIpc) is 2.28. The summed E-state index contributed by atoms with van der Waals surface area (Å²) >= 11 is 0. The zero-order valence-electron chi connectivity index (χ0n) is 10.9. The van der Waals surface area contributed by atoms with E-state index in [0.29, 0.717) is 12.6 Å². The van der Waals surface area contributed by atoms with Crippen LogP contribution in [0, 0.1) is 11.8 Å². The van der Waals surface area contributed by atoms with Gasteiger partial charge in [0.1, 0.15) is 0 Å². The molecular weight excluding hydrogens is 200 g/mol. The highest BCUT2D eigenvalue weighted by atomic mass is 16.1. The van der Waals surface area contributed by atoms with Crippen molar-refractivity contribution in [3.05, 3.63) is 0 Å². The molecule has 0 spiro atoms. The molecule has 0 aromatic rings. The second-order valence-corrected chi connectivity index (χ2v) is 5.20. The molecule has 0 saturated heterocycles. The smallest absolute Gasteiger partial charge is 0.233 e. The van der Waals surface area contributed by atoms with Crippen molar-refractivity contribution in [3.8, 4) is 0 Å². The van der Waals surface area contributed by atoms with Crippen molar-refractivity contribution in [2.75, 3.05) is 13.1 Å². The van der Waals surface area contributed by atoms with Crippen molar-refractivity contribution in [3.63, 3.8) is 0 Å². The number of amides is 1. The normalized spacial score (nSPS) is 30.1. The van der Waals surface area contributed by atoms with Crippen molar-refractivity contribution < 1.29 is 4.79 Å². The van der Waals surface area contributed by atoms with Gasteiger partial charge in [-0.2, -0.15) is 0 Å². The Balaban J connectivity index is 2.15. The van der Waals surface area contributed by atoms with E-state index in [2.05, 4.69) is 31.4 Å². The Bertz CT molecular complexity index is 218. The van der Waals surface area contributed by atoms with E-state index in [1.807, 2.05) is 0 Å². The minimum absolute atomic E-state index is 0.133. The number of nitrogens with one attached hydrogen (secondary N) is 2. The largest absolute Gasteiger partial charge is 0.355 e. The fourth-order valence-corrected chi connectivity index (χ4v) is 2.30. The Morgan fingerprint density at radius 2 is 2.00 bits per heavy atom. The van der Waals surface area contributed by atoms with E-state index in [4.69, 9.17) is 0 Å². The molecule has 3 unspecified atom stereocenters. The molecule has 1 aliphatic carbocycles. The lowest BCUT2D eigenvalue weighted by molar-refractivity contribution is -0.120. The topological polar surface area (TPSA) is 41.1 Å². The molecule has 0 radical (unpaired) electrons. The predicted molar refractivity (Wildman–Crippen MR) is 67.3 cm³/mol. The SMILES string of the molecule is CCCNC(=O)CNC1CCC(C)C(C)C1. The van der Waals surface area contributed by atoms with E-state index >= 15 is 0 Å². The molecule has 1 fully saturated rings. The zero-order chi connectivity index (χ0) is 12.0. The van der Waals surface area contributed by atoms with Crippen LogP contribution in [-0.4, -0.2) is 25.0 Å². The maximum Gasteiger partial charge on any atom is 0.233 e. The van der Waals surface area contributed by atoms with Crippen LogP contribution in [0.5, 0.6) is 0 Å². The molecule has 0 aliphatic heterocycles. The van der Waals surface area contributed by atoms with E-state index in [1.54, 1.807) is 0 Å². The standard InChI is InChI=1S/C13H26N2O/c1-4-7-14-13(16)9-15-12-6-5-10(2)11(3)8-12/h10-12,15H,4-9H2,1-3H3,(H,14,16). The van der Waals surface area contributed by atoms with Crippen LogP contribution in [0.2, 0.25) is 0 Å². The molecule has 16 heavy (non-hydrogen) atoms. The van der Waals surface area contributed by atoms with Crippen molar-refractivity contribution in [2.24, 2.45) is 11.8 Å². The third-order valence-corrected chi connectivity index (χ3v) is 3.72. The molecule has 1 amide bonds. The number of hydrogen-bond acceptors (Lipinski definition) is 2. The molecule has 94 valence electrons. The molecule has 0 heterocycles. The summed E-state index contributed by atoms with van der Waals surface area (Å²) in [5.41, 5.74) is 0. The highest BCUT2D eigenvalue weighted by molar-refractivity contribution is 5.77. The van der Waals surface area contributed by atoms with Crippen LogP contribution in [0.1, 0.15) is 46.5 Å². The zero-order valence-corrected chi connectivity index (χ0v) is 10.9. The van der Waals surface area contributed by atoms with Gasteiger partial charge in [0, 0.05) is 12.6 Å². The van der Waals surface area contributed by atoms with Crippen LogP contribution in [0.15, 0.2) is 0 Å². The molecule has 3 heteroatoms. The molecule has 0 aromatic carbocycles. The van der Waals surface area contributed by atoms with Crippen molar-refractivity contribution >= 4 is 5.91 Å². The molecule has 1 saturated carbocycles. The Morgan fingerprint density at radius 3 is 2.62 bits per heavy atom. The lowest BCUT2D eigenvalue weighted by atomic mass is 9.79. The van der Waals surface area contributed by atoms with Crippen LogP contribution in [-0.2, 0) is 4.79 Å². The van der Waals surface area contributed by atoms with Gasteiger partial charge >= 0.3 is 0 Å². The lowest BCUT2D eigenvalue weighted by Crippen LogP contribution is -2.42. The highest BCUT2D eigenvalue weighted by Gasteiger charge is 2.24. The van der Waals surface area contributed by atoms with Crippen molar-refractivity contribution in [1.82, 2.24) is 10.6 Å². The summed E-state index contributed by atoms with van der Waals surface area (Å²) in [6.45, 7) is 7.98. The van der Waals surface area contributed by atoms with Crippen LogP contribution in [0.25, 0.3) is 0 Å². The second-order valence-electron chi connectivity index (χ2n) is 5.20. The second kappa shape index (κ2) is 6.89. The Labute approximate surface area is 99.4 Å². The van der Waals surface area contributed by atoms with Crippen LogP contribution >= 0.6 is 0 Å². The third kappa shape index (κ3) is 4.52. The van der Waals surface area contributed by atoms with Gasteiger partial charge in [0.25, 0.3) is 0 Å². The molecular formula is C13H26N2O. The van der Waals surface area contributed by atoms with Crippen LogP contribution in [0.4, 0.5) is 0 Å². The number of rotatable bonds is 5. The molecule has 0 bridgehead atoms. The van der Waals surface area contributed by atoms with Gasteiger partial charge in [0.2, 0.25) is 5.91 Å². The van der Waals surface area contributed by atoms with Gasteiger partial charge < -0.3 is 10.6 Å². The number of carbonyl (C=O) groups is 1. The first-order valence-electron chi connectivity index (χ1n) is 6.63. The third-order valence-electron chi connectivity index (χ3n) is 3.72.